The second kappa shape index (κ2) is 7.43. The predicted octanol–water partition coefficient (Wildman–Crippen LogP) is 2.13. The highest BCUT2D eigenvalue weighted by atomic mass is 16.6. The largest absolute Gasteiger partial charge is 0.486 e. The molecule has 136 valence electrons. The van der Waals surface area contributed by atoms with Crippen LogP contribution in [0.3, 0.4) is 0 Å². The molecule has 0 unspecified atom stereocenters. The molecule has 7 heteroatoms. The third-order valence-corrected chi connectivity index (χ3v) is 4.09. The Bertz CT molecular complexity index is 806. The number of ether oxygens (including phenoxy) is 2. The Morgan fingerprint density at radius 2 is 1.85 bits per heavy atom. The molecule has 2 amide bonds. The highest BCUT2D eigenvalue weighted by molar-refractivity contribution is 6.09. The molecule has 1 aromatic carbocycles. The van der Waals surface area contributed by atoms with Gasteiger partial charge in [-0.15, -0.1) is 0 Å². The lowest BCUT2D eigenvalue weighted by atomic mass is 9.91. The van der Waals surface area contributed by atoms with E-state index in [1.165, 1.54) is 0 Å². The Balaban J connectivity index is 1.62. The Morgan fingerprint density at radius 3 is 2.58 bits per heavy atom. The van der Waals surface area contributed by atoms with Crippen molar-refractivity contribution in [3.63, 3.8) is 0 Å². The molecule has 0 atom stereocenters. The number of carbonyl (C=O) groups excluding carboxylic acids is 2. The fourth-order valence-electron chi connectivity index (χ4n) is 2.41. The number of aromatic nitrogens is 1. The molecule has 3 rings (SSSR count). The first kappa shape index (κ1) is 17.7. The van der Waals surface area contributed by atoms with Crippen LogP contribution >= 0.6 is 0 Å². The molecule has 2 heterocycles. The first-order chi connectivity index (χ1) is 12.5. The summed E-state index contributed by atoms with van der Waals surface area (Å²) in [6.45, 7) is 4.39. The molecule has 0 saturated heterocycles. The number of nitrogens with zero attached hydrogens (tertiary/aromatic N) is 1. The molecule has 0 spiro atoms. The molecule has 2 aromatic rings. The molecule has 1 aliphatic heterocycles. The fourth-order valence-corrected chi connectivity index (χ4v) is 2.41. The predicted molar refractivity (Wildman–Crippen MR) is 95.9 cm³/mol. The molecule has 2 N–H and O–H groups in total. The Labute approximate surface area is 151 Å². The first-order valence-electron chi connectivity index (χ1n) is 8.36. The number of anilines is 1. The van der Waals surface area contributed by atoms with E-state index in [2.05, 4.69) is 15.6 Å². The molecular weight excluding hydrogens is 334 g/mol. The molecule has 1 aliphatic rings. The monoisotopic (exact) mass is 355 g/mol. The lowest BCUT2D eigenvalue weighted by molar-refractivity contribution is -0.138. The van der Waals surface area contributed by atoms with Crippen LogP contribution in [0.1, 0.15) is 19.5 Å². The van der Waals surface area contributed by atoms with Crippen molar-refractivity contribution in [2.45, 2.75) is 20.4 Å². The summed E-state index contributed by atoms with van der Waals surface area (Å²) in [4.78, 5) is 29.2. The van der Waals surface area contributed by atoms with E-state index >= 15 is 0 Å². The number of benzene rings is 1. The molecule has 0 bridgehead atoms. The Hall–Kier alpha value is -3.09. The summed E-state index contributed by atoms with van der Waals surface area (Å²) < 4.78 is 11.0. The van der Waals surface area contributed by atoms with Crippen LogP contribution in [0, 0.1) is 5.41 Å². The second-order valence-corrected chi connectivity index (χ2v) is 6.44. The van der Waals surface area contributed by atoms with E-state index in [4.69, 9.17) is 9.47 Å². The summed E-state index contributed by atoms with van der Waals surface area (Å²) >= 11 is 0. The van der Waals surface area contributed by atoms with E-state index in [-0.39, 0.29) is 12.5 Å². The summed E-state index contributed by atoms with van der Waals surface area (Å²) in [6, 6.07) is 10.6. The smallest absolute Gasteiger partial charge is 0.239 e. The van der Waals surface area contributed by atoms with E-state index in [9.17, 15) is 9.59 Å². The minimum absolute atomic E-state index is 0.264. The van der Waals surface area contributed by atoms with E-state index in [0.29, 0.717) is 30.4 Å². The van der Waals surface area contributed by atoms with Crippen molar-refractivity contribution in [2.24, 2.45) is 5.41 Å². The molecule has 1 aromatic heterocycles. The molecule has 0 fully saturated rings. The zero-order valence-corrected chi connectivity index (χ0v) is 14.7. The van der Waals surface area contributed by atoms with Crippen LogP contribution in [0.15, 0.2) is 42.6 Å². The van der Waals surface area contributed by atoms with Crippen LogP contribution in [-0.4, -0.2) is 30.0 Å². The fraction of sp³-hybridized carbons (Fsp3) is 0.316. The maximum Gasteiger partial charge on any atom is 0.239 e. The SMILES string of the molecule is CC(C)(C(=O)NCc1ccccn1)C(=O)Nc1ccc2c(c1)OCCO2. The molecule has 26 heavy (non-hydrogen) atoms. The number of rotatable bonds is 5. The van der Waals surface area contributed by atoms with Crippen molar-refractivity contribution in [3.05, 3.63) is 48.3 Å². The summed E-state index contributed by atoms with van der Waals surface area (Å²) in [5.74, 6) is 0.430. The molecule has 7 nitrogen and oxygen atoms in total. The first-order valence-corrected chi connectivity index (χ1v) is 8.36. The highest BCUT2D eigenvalue weighted by Gasteiger charge is 2.36. The number of hydrogen-bond donors (Lipinski definition) is 2. The zero-order valence-electron chi connectivity index (χ0n) is 14.7. The van der Waals surface area contributed by atoms with Crippen LogP contribution < -0.4 is 20.1 Å². The van der Waals surface area contributed by atoms with Crippen molar-refractivity contribution < 1.29 is 19.1 Å². The number of carbonyl (C=O) groups is 2. The minimum atomic E-state index is -1.25. The second-order valence-electron chi connectivity index (χ2n) is 6.44. The molecule has 0 saturated carbocycles. The normalized spacial score (nSPS) is 13.0. The quantitative estimate of drug-likeness (QED) is 0.802. The van der Waals surface area contributed by atoms with Crippen molar-refractivity contribution in [3.8, 4) is 11.5 Å². The van der Waals surface area contributed by atoms with Gasteiger partial charge in [0, 0.05) is 18.0 Å². The average Bonchev–Trinajstić information content (AvgIpc) is 2.66. The van der Waals surface area contributed by atoms with Crippen LogP contribution in [0.5, 0.6) is 11.5 Å². The van der Waals surface area contributed by atoms with Crippen LogP contribution in [0.2, 0.25) is 0 Å². The summed E-state index contributed by atoms with van der Waals surface area (Å²) in [7, 11) is 0. The maximum atomic E-state index is 12.6. The Kier molecular flexibility index (Phi) is 5.06. The minimum Gasteiger partial charge on any atom is -0.486 e. The zero-order chi connectivity index (χ0) is 18.6. The standard InChI is InChI=1S/C19H21N3O4/c1-19(2,17(23)21-12-14-5-3-4-8-20-14)18(24)22-13-6-7-15-16(11-13)26-10-9-25-15/h3-8,11H,9-10,12H2,1-2H3,(H,21,23)(H,22,24). The van der Waals surface area contributed by atoms with Crippen molar-refractivity contribution in [1.29, 1.82) is 0 Å². The van der Waals surface area contributed by atoms with E-state index in [1.54, 1.807) is 44.3 Å². The van der Waals surface area contributed by atoms with Crippen LogP contribution in [0.4, 0.5) is 5.69 Å². The van der Waals surface area contributed by atoms with Crippen LogP contribution in [-0.2, 0) is 16.1 Å². The third-order valence-electron chi connectivity index (χ3n) is 4.09. The average molecular weight is 355 g/mol. The molecular formula is C19H21N3O4. The van der Waals surface area contributed by atoms with Gasteiger partial charge in [-0.2, -0.15) is 0 Å². The van der Waals surface area contributed by atoms with Crippen molar-refractivity contribution in [2.75, 3.05) is 18.5 Å². The van der Waals surface area contributed by atoms with Gasteiger partial charge in [-0.05, 0) is 38.1 Å². The summed E-state index contributed by atoms with van der Waals surface area (Å²) in [6.07, 6.45) is 1.65. The van der Waals surface area contributed by atoms with Gasteiger partial charge in [-0.3, -0.25) is 14.6 Å². The lowest BCUT2D eigenvalue weighted by Gasteiger charge is -2.23. The highest BCUT2D eigenvalue weighted by Crippen LogP contribution is 2.33. The summed E-state index contributed by atoms with van der Waals surface area (Å²) in [5, 5.41) is 5.51. The molecule has 0 aliphatic carbocycles. The van der Waals surface area contributed by atoms with Gasteiger partial charge in [0.1, 0.15) is 18.6 Å². The topological polar surface area (TPSA) is 89.6 Å². The van der Waals surface area contributed by atoms with Gasteiger partial charge in [-0.1, -0.05) is 6.07 Å². The van der Waals surface area contributed by atoms with Crippen molar-refractivity contribution >= 4 is 17.5 Å². The number of amides is 2. The van der Waals surface area contributed by atoms with Crippen LogP contribution in [0.25, 0.3) is 0 Å². The number of pyridine rings is 1. The summed E-state index contributed by atoms with van der Waals surface area (Å²) in [5.41, 5.74) is 0.0240. The van der Waals surface area contributed by atoms with Gasteiger partial charge in [-0.25, -0.2) is 0 Å². The molecule has 0 radical (unpaired) electrons. The van der Waals surface area contributed by atoms with Crippen molar-refractivity contribution in [1.82, 2.24) is 10.3 Å². The van der Waals surface area contributed by atoms with Gasteiger partial charge >= 0.3 is 0 Å². The number of nitrogens with one attached hydrogen (secondary N) is 2. The third kappa shape index (κ3) is 3.93. The Morgan fingerprint density at radius 1 is 1.08 bits per heavy atom. The van der Waals surface area contributed by atoms with Gasteiger partial charge in [0.2, 0.25) is 11.8 Å². The number of fused-ring (bicyclic) bond motifs is 1. The van der Waals surface area contributed by atoms with Gasteiger partial charge in [0.15, 0.2) is 11.5 Å². The lowest BCUT2D eigenvalue weighted by Crippen LogP contribution is -2.45. The number of hydrogen-bond acceptors (Lipinski definition) is 5. The van der Waals surface area contributed by atoms with Gasteiger partial charge in [0.05, 0.1) is 12.2 Å². The van der Waals surface area contributed by atoms with Gasteiger partial charge < -0.3 is 20.1 Å². The van der Waals surface area contributed by atoms with E-state index < -0.39 is 11.3 Å². The maximum absolute atomic E-state index is 12.6. The van der Waals surface area contributed by atoms with E-state index in [1.807, 2.05) is 12.1 Å². The van der Waals surface area contributed by atoms with Gasteiger partial charge in [0.25, 0.3) is 0 Å². The van der Waals surface area contributed by atoms with E-state index in [0.717, 1.165) is 5.69 Å².